The van der Waals surface area contributed by atoms with Gasteiger partial charge in [0.2, 0.25) is 0 Å². The first-order chi connectivity index (χ1) is 12.8. The number of sulfonamides is 1. The Morgan fingerprint density at radius 1 is 1.00 bits per heavy atom. The second-order valence-corrected chi connectivity index (χ2v) is 8.74. The van der Waals surface area contributed by atoms with Gasteiger partial charge in [0.15, 0.2) is 5.13 Å². The maximum Gasteiger partial charge on any atom is 0.267 e. The number of anilines is 2. The highest BCUT2D eigenvalue weighted by molar-refractivity contribution is 7.93. The molecule has 3 rings (SSSR count). The molecule has 3 aromatic rings. The zero-order valence-electron chi connectivity index (χ0n) is 15.1. The molecular formula is C19H19N3O3S2. The zero-order valence-corrected chi connectivity index (χ0v) is 16.7. The number of aromatic nitrogens is 1. The maximum absolute atomic E-state index is 12.6. The fourth-order valence-electron chi connectivity index (χ4n) is 2.49. The summed E-state index contributed by atoms with van der Waals surface area (Å²) in [6, 6.07) is 13.7. The highest BCUT2D eigenvalue weighted by Crippen LogP contribution is 2.27. The first-order valence-electron chi connectivity index (χ1n) is 8.21. The van der Waals surface area contributed by atoms with Gasteiger partial charge in [0.25, 0.3) is 15.9 Å². The average molecular weight is 402 g/mol. The van der Waals surface area contributed by atoms with Gasteiger partial charge in [-0.3, -0.25) is 9.52 Å². The van der Waals surface area contributed by atoms with E-state index in [9.17, 15) is 13.2 Å². The summed E-state index contributed by atoms with van der Waals surface area (Å²) in [5.41, 5.74) is 3.25. The molecule has 0 aliphatic heterocycles. The minimum absolute atomic E-state index is 0.138. The molecule has 1 heterocycles. The van der Waals surface area contributed by atoms with Crippen molar-refractivity contribution >= 4 is 38.1 Å². The van der Waals surface area contributed by atoms with Gasteiger partial charge >= 0.3 is 0 Å². The van der Waals surface area contributed by atoms with E-state index in [0.717, 1.165) is 28.2 Å². The fraction of sp³-hybridized carbons (Fsp3) is 0.158. The molecule has 1 amide bonds. The minimum Gasteiger partial charge on any atom is -0.321 e. The van der Waals surface area contributed by atoms with E-state index in [1.807, 2.05) is 32.0 Å². The van der Waals surface area contributed by atoms with Crippen molar-refractivity contribution in [3.63, 3.8) is 0 Å². The van der Waals surface area contributed by atoms with Gasteiger partial charge in [0.05, 0.1) is 10.6 Å². The molecule has 27 heavy (non-hydrogen) atoms. The van der Waals surface area contributed by atoms with E-state index < -0.39 is 10.0 Å². The summed E-state index contributed by atoms with van der Waals surface area (Å²) in [6.07, 6.45) is 0. The van der Waals surface area contributed by atoms with Gasteiger partial charge in [-0.15, -0.1) is 0 Å². The monoisotopic (exact) mass is 401 g/mol. The minimum atomic E-state index is -3.75. The molecule has 0 radical (unpaired) electrons. The molecule has 0 unspecified atom stereocenters. The highest BCUT2D eigenvalue weighted by Gasteiger charge is 2.20. The SMILES string of the molecule is Cc1cccc(NC(=O)c2sc(NS(=O)(=O)c3ccccc3)nc2C)c1C. The molecule has 0 saturated heterocycles. The summed E-state index contributed by atoms with van der Waals surface area (Å²) < 4.78 is 27.3. The Hall–Kier alpha value is -2.71. The summed E-state index contributed by atoms with van der Waals surface area (Å²) in [5.74, 6) is -0.316. The third kappa shape index (κ3) is 4.17. The molecule has 0 atom stereocenters. The number of rotatable bonds is 5. The predicted molar refractivity (Wildman–Crippen MR) is 108 cm³/mol. The molecule has 2 N–H and O–H groups in total. The Morgan fingerprint density at radius 2 is 1.70 bits per heavy atom. The van der Waals surface area contributed by atoms with Crippen LogP contribution in [0.15, 0.2) is 53.4 Å². The van der Waals surface area contributed by atoms with E-state index in [0.29, 0.717) is 10.6 Å². The maximum atomic E-state index is 12.6. The van der Waals surface area contributed by atoms with Crippen molar-refractivity contribution in [2.75, 3.05) is 10.0 Å². The van der Waals surface area contributed by atoms with Crippen LogP contribution in [0.5, 0.6) is 0 Å². The molecule has 0 fully saturated rings. The van der Waals surface area contributed by atoms with Crippen molar-refractivity contribution in [2.24, 2.45) is 0 Å². The van der Waals surface area contributed by atoms with Crippen LogP contribution in [0.1, 0.15) is 26.5 Å². The normalized spacial score (nSPS) is 11.2. The van der Waals surface area contributed by atoms with Crippen LogP contribution in [-0.2, 0) is 10.0 Å². The van der Waals surface area contributed by atoms with E-state index in [2.05, 4.69) is 15.0 Å². The number of hydrogen-bond acceptors (Lipinski definition) is 5. The predicted octanol–water partition coefficient (Wildman–Crippen LogP) is 4.12. The lowest BCUT2D eigenvalue weighted by Crippen LogP contribution is -2.13. The van der Waals surface area contributed by atoms with Gasteiger partial charge in [-0.2, -0.15) is 0 Å². The smallest absolute Gasteiger partial charge is 0.267 e. The molecule has 8 heteroatoms. The molecule has 0 saturated carbocycles. The van der Waals surface area contributed by atoms with E-state index in [4.69, 9.17) is 0 Å². The summed E-state index contributed by atoms with van der Waals surface area (Å²) >= 11 is 1.01. The van der Waals surface area contributed by atoms with Crippen molar-refractivity contribution in [1.29, 1.82) is 0 Å². The van der Waals surface area contributed by atoms with Crippen LogP contribution in [0.3, 0.4) is 0 Å². The standard InChI is InChI=1S/C19H19N3O3S2/c1-12-8-7-11-16(13(12)2)21-18(23)17-14(3)20-19(26-17)22-27(24,25)15-9-5-4-6-10-15/h4-11H,1-3H3,(H,20,22)(H,21,23). The van der Waals surface area contributed by atoms with Crippen LogP contribution in [0.4, 0.5) is 10.8 Å². The average Bonchev–Trinajstić information content (AvgIpc) is 2.99. The number of carbonyl (C=O) groups is 1. The summed E-state index contributed by atoms with van der Waals surface area (Å²) in [4.78, 5) is 17.3. The van der Waals surface area contributed by atoms with Gasteiger partial charge in [0, 0.05) is 5.69 Å². The van der Waals surface area contributed by atoms with Crippen molar-refractivity contribution in [3.05, 3.63) is 70.2 Å². The first-order valence-corrected chi connectivity index (χ1v) is 10.5. The summed E-state index contributed by atoms with van der Waals surface area (Å²) in [5, 5.41) is 3.03. The first kappa shape index (κ1) is 19.1. The Morgan fingerprint density at radius 3 is 2.41 bits per heavy atom. The largest absolute Gasteiger partial charge is 0.321 e. The summed E-state index contributed by atoms with van der Waals surface area (Å²) in [7, 11) is -3.75. The molecule has 0 bridgehead atoms. The second kappa shape index (κ2) is 7.50. The third-order valence-corrected chi connectivity index (χ3v) is 6.69. The fourth-order valence-corrected chi connectivity index (χ4v) is 4.61. The number of benzene rings is 2. The lowest BCUT2D eigenvalue weighted by molar-refractivity contribution is 0.102. The molecular weight excluding hydrogens is 382 g/mol. The third-order valence-electron chi connectivity index (χ3n) is 4.13. The molecule has 0 aliphatic rings. The van der Waals surface area contributed by atoms with Crippen LogP contribution in [0.25, 0.3) is 0 Å². The Labute approximate surface area is 162 Å². The summed E-state index contributed by atoms with van der Waals surface area (Å²) in [6.45, 7) is 5.58. The lowest BCUT2D eigenvalue weighted by Gasteiger charge is -2.09. The van der Waals surface area contributed by atoms with Crippen LogP contribution in [-0.4, -0.2) is 19.3 Å². The van der Waals surface area contributed by atoms with Crippen molar-refractivity contribution in [2.45, 2.75) is 25.7 Å². The Balaban J connectivity index is 1.82. The van der Waals surface area contributed by atoms with Gasteiger partial charge in [0.1, 0.15) is 4.88 Å². The molecule has 0 spiro atoms. The molecule has 2 aromatic carbocycles. The van der Waals surface area contributed by atoms with Crippen molar-refractivity contribution in [3.8, 4) is 0 Å². The van der Waals surface area contributed by atoms with Crippen molar-refractivity contribution < 1.29 is 13.2 Å². The van der Waals surface area contributed by atoms with E-state index in [-0.39, 0.29) is 15.9 Å². The number of nitrogens with one attached hydrogen (secondary N) is 2. The lowest BCUT2D eigenvalue weighted by atomic mass is 10.1. The second-order valence-electron chi connectivity index (χ2n) is 6.05. The highest BCUT2D eigenvalue weighted by atomic mass is 32.2. The van der Waals surface area contributed by atoms with Gasteiger partial charge < -0.3 is 5.32 Å². The number of aryl methyl sites for hydroxylation is 2. The topological polar surface area (TPSA) is 88.2 Å². The Kier molecular flexibility index (Phi) is 5.29. The quantitative estimate of drug-likeness (QED) is 0.673. The van der Waals surface area contributed by atoms with E-state index >= 15 is 0 Å². The number of nitrogens with zero attached hydrogens (tertiary/aromatic N) is 1. The molecule has 1 aromatic heterocycles. The van der Waals surface area contributed by atoms with Gasteiger partial charge in [-0.1, -0.05) is 41.7 Å². The van der Waals surface area contributed by atoms with Gasteiger partial charge in [-0.25, -0.2) is 13.4 Å². The van der Waals surface area contributed by atoms with Crippen LogP contribution >= 0.6 is 11.3 Å². The molecule has 6 nitrogen and oxygen atoms in total. The zero-order chi connectivity index (χ0) is 19.6. The van der Waals surface area contributed by atoms with Gasteiger partial charge in [-0.05, 0) is 50.1 Å². The molecule has 0 aliphatic carbocycles. The van der Waals surface area contributed by atoms with Crippen LogP contribution in [0, 0.1) is 20.8 Å². The number of carbonyl (C=O) groups excluding carboxylic acids is 1. The van der Waals surface area contributed by atoms with E-state index in [1.54, 1.807) is 25.1 Å². The number of hydrogen-bond donors (Lipinski definition) is 2. The van der Waals surface area contributed by atoms with Crippen LogP contribution in [0.2, 0.25) is 0 Å². The van der Waals surface area contributed by atoms with E-state index in [1.165, 1.54) is 12.1 Å². The van der Waals surface area contributed by atoms with Crippen molar-refractivity contribution in [1.82, 2.24) is 4.98 Å². The Bertz CT molecular complexity index is 1090. The van der Waals surface area contributed by atoms with Crippen LogP contribution < -0.4 is 10.0 Å². The molecule has 140 valence electrons. The number of thiazole rings is 1. The number of amides is 1.